The molecule has 0 aliphatic heterocycles. The fourth-order valence-corrected chi connectivity index (χ4v) is 2.10. The van der Waals surface area contributed by atoms with Gasteiger partial charge in [0.25, 0.3) is 5.91 Å². The Kier molecular flexibility index (Phi) is 5.42. The summed E-state index contributed by atoms with van der Waals surface area (Å²) in [4.78, 5) is 22.8. The number of carbonyl (C=O) groups excluding carboxylic acids is 1. The topological polar surface area (TPSA) is 93.5 Å². The number of aromatic carboxylic acids is 1. The number of carboxylic acid groups (broad SMARTS) is 1. The molecule has 0 fully saturated rings. The molecule has 0 radical (unpaired) electrons. The van der Waals surface area contributed by atoms with Crippen molar-refractivity contribution in [3.63, 3.8) is 0 Å². The van der Waals surface area contributed by atoms with Crippen molar-refractivity contribution in [2.24, 2.45) is 0 Å². The van der Waals surface area contributed by atoms with Crippen molar-refractivity contribution in [2.75, 3.05) is 20.3 Å². The number of methoxy groups -OCH3 is 1. The monoisotopic (exact) mass is 357 g/mol. The predicted octanol–water partition coefficient (Wildman–Crippen LogP) is 1.97. The Morgan fingerprint density at radius 1 is 1.28 bits per heavy atom. The Labute approximate surface area is 140 Å². The van der Waals surface area contributed by atoms with Gasteiger partial charge in [0, 0.05) is 19.2 Å². The van der Waals surface area contributed by atoms with E-state index in [-0.39, 0.29) is 17.8 Å². The van der Waals surface area contributed by atoms with E-state index in [9.17, 15) is 22.8 Å². The van der Waals surface area contributed by atoms with E-state index in [1.165, 1.54) is 31.4 Å². The van der Waals surface area contributed by atoms with Crippen LogP contribution in [0.2, 0.25) is 0 Å². The molecule has 0 aliphatic carbocycles. The summed E-state index contributed by atoms with van der Waals surface area (Å²) in [7, 11) is 1.48. The first-order chi connectivity index (χ1) is 11.8. The van der Waals surface area contributed by atoms with E-state index in [1.54, 1.807) is 0 Å². The van der Waals surface area contributed by atoms with Crippen LogP contribution >= 0.6 is 0 Å². The molecule has 0 bridgehead atoms. The maximum Gasteiger partial charge on any atom is 0.434 e. The molecule has 1 aromatic carbocycles. The third-order valence-electron chi connectivity index (χ3n) is 3.23. The third-order valence-corrected chi connectivity index (χ3v) is 3.23. The summed E-state index contributed by atoms with van der Waals surface area (Å²) in [6.45, 7) is 0.612. The van der Waals surface area contributed by atoms with E-state index in [0.717, 1.165) is 0 Å². The average molecular weight is 357 g/mol. The molecule has 7 nitrogen and oxygen atoms in total. The predicted molar refractivity (Wildman–Crippen MR) is 79.7 cm³/mol. The summed E-state index contributed by atoms with van der Waals surface area (Å²) in [5, 5.41) is 15.0. The number of aromatic nitrogens is 2. The largest absolute Gasteiger partial charge is 0.478 e. The smallest absolute Gasteiger partial charge is 0.434 e. The van der Waals surface area contributed by atoms with Gasteiger partial charge in [0.1, 0.15) is 5.56 Å². The van der Waals surface area contributed by atoms with Crippen molar-refractivity contribution >= 4 is 11.9 Å². The molecule has 0 aliphatic rings. The fraction of sp³-hybridized carbons (Fsp3) is 0.267. The second-order valence-corrected chi connectivity index (χ2v) is 4.92. The van der Waals surface area contributed by atoms with Gasteiger partial charge in [-0.05, 0) is 24.3 Å². The number of nitrogens with zero attached hydrogens (tertiary/aromatic N) is 2. The highest BCUT2D eigenvalue weighted by Gasteiger charge is 2.40. The van der Waals surface area contributed by atoms with Crippen LogP contribution in [0.1, 0.15) is 26.4 Å². The lowest BCUT2D eigenvalue weighted by Crippen LogP contribution is -2.26. The molecule has 0 atom stereocenters. The number of benzene rings is 1. The van der Waals surface area contributed by atoms with Crippen LogP contribution in [-0.4, -0.2) is 47.0 Å². The molecule has 25 heavy (non-hydrogen) atoms. The zero-order valence-electron chi connectivity index (χ0n) is 13.0. The van der Waals surface area contributed by atoms with E-state index in [4.69, 9.17) is 9.84 Å². The number of hydrogen-bond donors (Lipinski definition) is 2. The first-order valence-corrected chi connectivity index (χ1v) is 7.01. The van der Waals surface area contributed by atoms with Crippen molar-refractivity contribution < 1.29 is 32.6 Å². The number of hydrogen-bond acceptors (Lipinski definition) is 4. The number of alkyl halides is 3. The minimum Gasteiger partial charge on any atom is -0.478 e. The van der Waals surface area contributed by atoms with E-state index in [1.807, 2.05) is 0 Å². The second kappa shape index (κ2) is 7.34. The van der Waals surface area contributed by atoms with E-state index in [2.05, 4.69) is 10.4 Å². The molecule has 2 rings (SSSR count). The lowest BCUT2D eigenvalue weighted by Gasteiger charge is -2.12. The molecule has 1 heterocycles. The minimum atomic E-state index is -4.90. The molecule has 0 saturated carbocycles. The fourth-order valence-electron chi connectivity index (χ4n) is 2.10. The minimum absolute atomic E-state index is 0.0201. The van der Waals surface area contributed by atoms with Crippen LogP contribution in [-0.2, 0) is 10.9 Å². The number of nitrogens with one attached hydrogen (secondary N) is 1. The number of ether oxygens (including phenoxy) is 1. The quantitative estimate of drug-likeness (QED) is 0.771. The Morgan fingerprint density at radius 2 is 1.92 bits per heavy atom. The van der Waals surface area contributed by atoms with Gasteiger partial charge in [-0.1, -0.05) is 0 Å². The molecule has 134 valence electrons. The first kappa shape index (κ1) is 18.5. The van der Waals surface area contributed by atoms with Gasteiger partial charge in [-0.3, -0.25) is 4.79 Å². The number of carboxylic acids is 1. The Hall–Kier alpha value is -2.88. The molecule has 0 saturated heterocycles. The van der Waals surface area contributed by atoms with Gasteiger partial charge in [-0.25, -0.2) is 9.48 Å². The standard InChI is InChI=1S/C15H14F3N3O4/c1-25-7-6-19-13(22)9-2-4-10(5-3-9)21-12(15(16,17)18)11(8-20-21)14(23)24/h2-5,8H,6-7H2,1H3,(H,19,22)(H,23,24). The Morgan fingerprint density at radius 3 is 2.44 bits per heavy atom. The lowest BCUT2D eigenvalue weighted by atomic mass is 10.2. The summed E-state index contributed by atoms with van der Waals surface area (Å²) < 4.78 is 44.8. The maximum absolute atomic E-state index is 13.2. The van der Waals surface area contributed by atoms with Gasteiger partial charge in [-0.2, -0.15) is 18.3 Å². The normalized spacial score (nSPS) is 11.4. The van der Waals surface area contributed by atoms with Gasteiger partial charge in [0.15, 0.2) is 5.69 Å². The maximum atomic E-state index is 13.2. The molecule has 2 N–H and O–H groups in total. The molecule has 1 amide bonds. The van der Waals surface area contributed by atoms with Gasteiger partial charge < -0.3 is 15.2 Å². The average Bonchev–Trinajstić information content (AvgIpc) is 3.00. The van der Waals surface area contributed by atoms with Crippen LogP contribution in [0.5, 0.6) is 0 Å². The highest BCUT2D eigenvalue weighted by Crippen LogP contribution is 2.33. The van der Waals surface area contributed by atoms with Crippen molar-refractivity contribution in [1.29, 1.82) is 0 Å². The SMILES string of the molecule is COCCNC(=O)c1ccc(-n2ncc(C(=O)O)c2C(F)(F)F)cc1. The van der Waals surface area contributed by atoms with Crippen LogP contribution in [0.4, 0.5) is 13.2 Å². The van der Waals surface area contributed by atoms with Gasteiger partial charge >= 0.3 is 12.1 Å². The van der Waals surface area contributed by atoms with Crippen molar-refractivity contribution in [2.45, 2.75) is 6.18 Å². The molecule has 0 spiro atoms. The van der Waals surface area contributed by atoms with Crippen LogP contribution in [0.3, 0.4) is 0 Å². The van der Waals surface area contributed by atoms with Gasteiger partial charge in [0.05, 0.1) is 18.5 Å². The lowest BCUT2D eigenvalue weighted by molar-refractivity contribution is -0.143. The number of amides is 1. The number of rotatable bonds is 6. The summed E-state index contributed by atoms with van der Waals surface area (Å²) in [5.41, 5.74) is -2.13. The van der Waals surface area contributed by atoms with Gasteiger partial charge in [-0.15, -0.1) is 0 Å². The summed E-state index contributed by atoms with van der Waals surface area (Å²) in [5.74, 6) is -2.14. The zero-order valence-corrected chi connectivity index (χ0v) is 13.0. The number of carbonyl (C=O) groups is 2. The molecule has 0 unspecified atom stereocenters. The molecular weight excluding hydrogens is 343 g/mol. The zero-order chi connectivity index (χ0) is 18.6. The number of halogens is 3. The summed E-state index contributed by atoms with van der Waals surface area (Å²) in [6, 6.07) is 5.14. The molecule has 10 heteroatoms. The van der Waals surface area contributed by atoms with Crippen molar-refractivity contribution in [3.05, 3.63) is 47.3 Å². The van der Waals surface area contributed by atoms with Crippen LogP contribution in [0.15, 0.2) is 30.5 Å². The first-order valence-electron chi connectivity index (χ1n) is 7.01. The Balaban J connectivity index is 2.31. The molecule has 1 aromatic heterocycles. The van der Waals surface area contributed by atoms with E-state index < -0.39 is 29.3 Å². The second-order valence-electron chi connectivity index (χ2n) is 4.92. The van der Waals surface area contributed by atoms with Crippen LogP contribution in [0, 0.1) is 0 Å². The Bertz CT molecular complexity index is 769. The van der Waals surface area contributed by atoms with E-state index >= 15 is 0 Å². The van der Waals surface area contributed by atoms with E-state index in [0.29, 0.717) is 17.5 Å². The highest BCUT2D eigenvalue weighted by molar-refractivity contribution is 5.94. The molecule has 2 aromatic rings. The van der Waals surface area contributed by atoms with Crippen LogP contribution in [0.25, 0.3) is 5.69 Å². The summed E-state index contributed by atoms with van der Waals surface area (Å²) >= 11 is 0. The van der Waals surface area contributed by atoms with Gasteiger partial charge in [0.2, 0.25) is 0 Å². The van der Waals surface area contributed by atoms with Crippen molar-refractivity contribution in [1.82, 2.24) is 15.1 Å². The summed E-state index contributed by atoms with van der Waals surface area (Å²) in [6.07, 6.45) is -4.27. The highest BCUT2D eigenvalue weighted by atomic mass is 19.4. The van der Waals surface area contributed by atoms with Crippen LogP contribution < -0.4 is 5.32 Å². The molecular formula is C15H14F3N3O4. The third kappa shape index (κ3) is 4.15. The van der Waals surface area contributed by atoms with Crippen molar-refractivity contribution in [3.8, 4) is 5.69 Å².